The van der Waals surface area contributed by atoms with Gasteiger partial charge in [-0.1, -0.05) is 6.42 Å². The zero-order valence-electron chi connectivity index (χ0n) is 16.2. The van der Waals surface area contributed by atoms with E-state index in [2.05, 4.69) is 0 Å². The molecule has 0 aromatic heterocycles. The van der Waals surface area contributed by atoms with Crippen molar-refractivity contribution in [2.45, 2.75) is 44.2 Å². The molecule has 0 rings (SSSR count). The largest absolute Gasteiger partial charge is 0.480 e. The minimum Gasteiger partial charge on any atom is -0.480 e. The fraction of sp³-hybridized carbons (Fsp3) is 0.812. The summed E-state index contributed by atoms with van der Waals surface area (Å²) in [7, 11) is 0.831. The maximum atomic E-state index is 12.3. The Morgan fingerprint density at radius 2 is 1.81 bits per heavy atom. The molecule has 0 aliphatic heterocycles. The maximum absolute atomic E-state index is 12.3. The average molecular weight is 426 g/mol. The highest BCUT2D eigenvalue weighted by Gasteiger charge is 2.35. The first-order valence-electron chi connectivity index (χ1n) is 8.73. The Balaban J connectivity index is 4.64. The molecule has 27 heavy (non-hydrogen) atoms. The number of nitrogens with zero attached hydrogens (tertiary/aromatic N) is 2. The Kier molecular flexibility index (Phi) is 12.5. The molecule has 9 nitrogen and oxygen atoms in total. The maximum Gasteiger partial charge on any atom is 0.323 e. The Bertz CT molecular complexity index is 585. The smallest absolute Gasteiger partial charge is 0.323 e. The Morgan fingerprint density at radius 1 is 1.19 bits per heavy atom. The Hall–Kier alpha value is -1.17. The summed E-state index contributed by atoms with van der Waals surface area (Å²) in [4.78, 5) is 38.2. The van der Waals surface area contributed by atoms with Crippen LogP contribution in [0.2, 0.25) is 0 Å². The number of aliphatic carboxylic acids is 1. The van der Waals surface area contributed by atoms with E-state index in [0.717, 1.165) is 17.0 Å². The fourth-order valence-corrected chi connectivity index (χ4v) is 4.45. The molecule has 0 radical (unpaired) electrons. The van der Waals surface area contributed by atoms with Crippen molar-refractivity contribution in [1.82, 2.24) is 9.80 Å². The molecule has 3 N–H and O–H groups in total. The number of carboxylic acids is 1. The van der Waals surface area contributed by atoms with Crippen molar-refractivity contribution in [3.63, 3.8) is 0 Å². The molecule has 0 aliphatic rings. The predicted octanol–water partition coefficient (Wildman–Crippen LogP) is -0.000700. The van der Waals surface area contributed by atoms with E-state index in [4.69, 9.17) is 5.73 Å². The molecule has 0 aliphatic carbocycles. The number of carbonyl (C=O) groups excluding carboxylic acids is 2. The molecule has 0 heterocycles. The van der Waals surface area contributed by atoms with Crippen molar-refractivity contribution in [3.8, 4) is 0 Å². The van der Waals surface area contributed by atoms with Gasteiger partial charge in [-0.3, -0.25) is 14.5 Å². The molecule has 2 unspecified atom stereocenters. The lowest BCUT2D eigenvalue weighted by molar-refractivity contribution is -0.149. The van der Waals surface area contributed by atoms with Gasteiger partial charge in [0.15, 0.2) is 8.87 Å². The van der Waals surface area contributed by atoms with Crippen LogP contribution in [0.4, 0.5) is 0 Å². The number of aldehydes is 1. The molecule has 0 aromatic carbocycles. The predicted molar refractivity (Wildman–Crippen MR) is 106 cm³/mol. The van der Waals surface area contributed by atoms with Gasteiger partial charge in [-0.05, 0) is 50.2 Å². The molecule has 1 amide bonds. The van der Waals surface area contributed by atoms with E-state index in [0.29, 0.717) is 50.8 Å². The highest BCUT2D eigenvalue weighted by molar-refractivity contribution is 8.71. The van der Waals surface area contributed by atoms with Crippen LogP contribution in [0.5, 0.6) is 0 Å². The molecule has 11 heteroatoms. The van der Waals surface area contributed by atoms with Crippen molar-refractivity contribution < 1.29 is 27.9 Å². The van der Waals surface area contributed by atoms with Crippen LogP contribution in [-0.4, -0.2) is 92.8 Å². The molecule has 0 saturated carbocycles. The second-order valence-electron chi connectivity index (χ2n) is 6.37. The zero-order valence-corrected chi connectivity index (χ0v) is 17.8. The van der Waals surface area contributed by atoms with Crippen molar-refractivity contribution in [2.24, 2.45) is 5.73 Å². The summed E-state index contributed by atoms with van der Waals surface area (Å²) in [5, 5.41) is 9.49. The topological polar surface area (TPSA) is 138 Å². The average Bonchev–Trinajstić information content (AvgIpc) is 2.58. The number of rotatable bonds is 15. The molecule has 2 atom stereocenters. The van der Waals surface area contributed by atoms with Crippen LogP contribution >= 0.6 is 10.8 Å². The lowest BCUT2D eigenvalue weighted by Crippen LogP contribution is -2.56. The first-order valence-corrected chi connectivity index (χ1v) is 12.1. The van der Waals surface area contributed by atoms with Crippen LogP contribution in [0, 0.1) is 0 Å². The zero-order chi connectivity index (χ0) is 21.0. The van der Waals surface area contributed by atoms with E-state index in [1.165, 1.54) is 16.8 Å². The summed E-state index contributed by atoms with van der Waals surface area (Å²) in [6, 6.07) is -2.24. The van der Waals surface area contributed by atoms with Crippen LogP contribution in [0.3, 0.4) is 0 Å². The van der Waals surface area contributed by atoms with Crippen LogP contribution in [0.1, 0.15) is 32.1 Å². The number of carbonyl (C=O) groups is 3. The minimum absolute atomic E-state index is 0.170. The Morgan fingerprint density at radius 3 is 2.30 bits per heavy atom. The third-order valence-corrected chi connectivity index (χ3v) is 6.75. The van der Waals surface area contributed by atoms with E-state index >= 15 is 0 Å². The van der Waals surface area contributed by atoms with Gasteiger partial charge in [-0.15, -0.1) is 0 Å². The van der Waals surface area contributed by atoms with E-state index in [1.54, 1.807) is 7.05 Å². The molecule has 0 aromatic rings. The third-order valence-electron chi connectivity index (χ3n) is 4.08. The lowest BCUT2D eigenvalue weighted by Gasteiger charge is -2.34. The standard InChI is InChI=1S/C16H31N3O6S2/c1-18(10-7-9-17)15(16(22)23)13(12-20)19(2)14(21)8-5-4-6-11-26-27(3,24)25/h12-13,15H,4-11,17H2,1-3H3,(H,22,23). The second kappa shape index (κ2) is 13.1. The summed E-state index contributed by atoms with van der Waals surface area (Å²) in [5.41, 5.74) is 5.44. The first kappa shape index (κ1) is 25.8. The van der Waals surface area contributed by atoms with Crippen molar-refractivity contribution in [3.05, 3.63) is 0 Å². The van der Waals surface area contributed by atoms with Gasteiger partial charge in [0.2, 0.25) is 5.91 Å². The Labute approximate surface area is 165 Å². The number of hydrogen-bond acceptors (Lipinski definition) is 8. The molecular weight excluding hydrogens is 394 g/mol. The highest BCUT2D eigenvalue weighted by atomic mass is 33.1. The quantitative estimate of drug-likeness (QED) is 0.211. The number of hydrogen-bond donors (Lipinski definition) is 2. The van der Waals surface area contributed by atoms with Crippen LogP contribution in [0.25, 0.3) is 0 Å². The van der Waals surface area contributed by atoms with Gasteiger partial charge in [0, 0.05) is 25.5 Å². The fourth-order valence-electron chi connectivity index (χ4n) is 2.56. The summed E-state index contributed by atoms with van der Waals surface area (Å²) in [5.74, 6) is -1.03. The molecule has 0 fully saturated rings. The van der Waals surface area contributed by atoms with Gasteiger partial charge in [-0.25, -0.2) is 8.42 Å². The number of nitrogens with two attached hydrogens (primary N) is 1. The molecular formula is C16H31N3O6S2. The lowest BCUT2D eigenvalue weighted by atomic mass is 10.1. The van der Waals surface area contributed by atoms with Gasteiger partial charge < -0.3 is 20.5 Å². The minimum atomic E-state index is -3.05. The van der Waals surface area contributed by atoms with E-state index in [1.807, 2.05) is 0 Å². The van der Waals surface area contributed by atoms with Gasteiger partial charge in [0.25, 0.3) is 0 Å². The van der Waals surface area contributed by atoms with Gasteiger partial charge in [-0.2, -0.15) is 0 Å². The van der Waals surface area contributed by atoms with Gasteiger partial charge in [0.05, 0.1) is 0 Å². The number of amides is 1. The second-order valence-corrected chi connectivity index (χ2v) is 10.9. The van der Waals surface area contributed by atoms with Gasteiger partial charge >= 0.3 is 5.97 Å². The number of unbranched alkanes of at least 4 members (excludes halogenated alkanes) is 2. The van der Waals surface area contributed by atoms with Gasteiger partial charge in [0.1, 0.15) is 18.4 Å². The van der Waals surface area contributed by atoms with Crippen molar-refractivity contribution in [2.75, 3.05) is 39.2 Å². The summed E-state index contributed by atoms with van der Waals surface area (Å²) >= 11 is 0. The summed E-state index contributed by atoms with van der Waals surface area (Å²) in [6.45, 7) is 0.798. The van der Waals surface area contributed by atoms with E-state index in [-0.39, 0.29) is 12.3 Å². The molecule has 0 spiro atoms. The van der Waals surface area contributed by atoms with Crippen LogP contribution in [0.15, 0.2) is 0 Å². The monoisotopic (exact) mass is 425 g/mol. The van der Waals surface area contributed by atoms with E-state index in [9.17, 15) is 27.9 Å². The van der Waals surface area contributed by atoms with Crippen LogP contribution in [-0.2, 0) is 23.3 Å². The van der Waals surface area contributed by atoms with E-state index < -0.39 is 26.9 Å². The van der Waals surface area contributed by atoms with Crippen molar-refractivity contribution >= 4 is 37.8 Å². The van der Waals surface area contributed by atoms with Crippen LogP contribution < -0.4 is 5.73 Å². The molecule has 0 saturated heterocycles. The van der Waals surface area contributed by atoms with Crippen molar-refractivity contribution in [1.29, 1.82) is 0 Å². The first-order chi connectivity index (χ1) is 12.5. The SMILES string of the molecule is CN(CCCN)C(C(=O)O)C(C=O)N(C)C(=O)CCCCCSS(C)(=O)=O. The number of carboxylic acid groups (broad SMARTS) is 1. The summed E-state index contributed by atoms with van der Waals surface area (Å²) < 4.78 is 22.0. The highest BCUT2D eigenvalue weighted by Crippen LogP contribution is 2.15. The number of likely N-dealkylation sites (N-methyl/N-ethyl adjacent to an activating group) is 2. The molecule has 158 valence electrons. The summed E-state index contributed by atoms with van der Waals surface area (Å²) in [6.07, 6.45) is 4.26. The normalized spacial score (nSPS) is 14.0. The third kappa shape index (κ3) is 10.7. The molecule has 0 bridgehead atoms.